The fourth-order valence-corrected chi connectivity index (χ4v) is 3.26. The molecule has 0 bridgehead atoms. The first-order valence-electron chi connectivity index (χ1n) is 9.99. The summed E-state index contributed by atoms with van der Waals surface area (Å²) in [5.41, 5.74) is 2.22. The van der Waals surface area contributed by atoms with Gasteiger partial charge in [-0.2, -0.15) is 0 Å². The number of guanidine groups is 1. The number of nitrogens with one attached hydrogen (secondary N) is 1. The van der Waals surface area contributed by atoms with Crippen LogP contribution in [0.25, 0.3) is 0 Å². The third-order valence-electron chi connectivity index (χ3n) is 4.69. The zero-order valence-corrected chi connectivity index (χ0v) is 21.6. The predicted octanol–water partition coefficient (Wildman–Crippen LogP) is 3.98. The summed E-state index contributed by atoms with van der Waals surface area (Å²) in [6.45, 7) is 4.09. The van der Waals surface area contributed by atoms with Gasteiger partial charge in [-0.3, -0.25) is 4.99 Å². The minimum Gasteiger partial charge on any atom is -0.494 e. The molecule has 2 aromatic carbocycles. The Morgan fingerprint density at radius 1 is 0.968 bits per heavy atom. The van der Waals surface area contributed by atoms with E-state index in [9.17, 15) is 0 Å². The SMILES string of the molecule is CCOc1ccc(CN(C)C(=NC)NCCc2ccc(OC)c(OC)c2OC)cc1.I. The summed E-state index contributed by atoms with van der Waals surface area (Å²) < 4.78 is 21.9. The summed E-state index contributed by atoms with van der Waals surface area (Å²) in [5.74, 6) is 3.65. The lowest BCUT2D eigenvalue weighted by molar-refractivity contribution is 0.322. The lowest BCUT2D eigenvalue weighted by Crippen LogP contribution is -2.39. The van der Waals surface area contributed by atoms with Gasteiger partial charge in [0.1, 0.15) is 5.75 Å². The highest BCUT2D eigenvalue weighted by Crippen LogP contribution is 2.39. The quantitative estimate of drug-likeness (QED) is 0.278. The summed E-state index contributed by atoms with van der Waals surface area (Å²) in [6, 6.07) is 12.0. The number of halogens is 1. The second-order valence-corrected chi connectivity index (χ2v) is 6.65. The Balaban J connectivity index is 0.00000480. The van der Waals surface area contributed by atoms with Crippen molar-refractivity contribution in [1.82, 2.24) is 10.2 Å². The molecule has 0 aromatic heterocycles. The van der Waals surface area contributed by atoms with E-state index in [-0.39, 0.29) is 24.0 Å². The number of ether oxygens (including phenoxy) is 4. The van der Waals surface area contributed by atoms with E-state index in [4.69, 9.17) is 18.9 Å². The molecule has 0 saturated heterocycles. The van der Waals surface area contributed by atoms with E-state index in [1.165, 1.54) is 5.56 Å². The summed E-state index contributed by atoms with van der Waals surface area (Å²) in [7, 11) is 8.66. The largest absolute Gasteiger partial charge is 0.494 e. The third kappa shape index (κ3) is 7.37. The van der Waals surface area contributed by atoms with Gasteiger partial charge in [-0.1, -0.05) is 18.2 Å². The van der Waals surface area contributed by atoms with Crippen molar-refractivity contribution >= 4 is 29.9 Å². The highest BCUT2D eigenvalue weighted by molar-refractivity contribution is 14.0. The summed E-state index contributed by atoms with van der Waals surface area (Å²) in [6.07, 6.45) is 0.749. The van der Waals surface area contributed by atoms with Crippen molar-refractivity contribution in [2.45, 2.75) is 19.9 Å². The average Bonchev–Trinajstić information content (AvgIpc) is 2.77. The van der Waals surface area contributed by atoms with E-state index >= 15 is 0 Å². The van der Waals surface area contributed by atoms with E-state index in [1.807, 2.05) is 38.2 Å². The third-order valence-corrected chi connectivity index (χ3v) is 4.69. The van der Waals surface area contributed by atoms with Crippen LogP contribution in [0.3, 0.4) is 0 Å². The van der Waals surface area contributed by atoms with E-state index in [2.05, 4.69) is 27.3 Å². The molecule has 0 heterocycles. The molecule has 0 spiro atoms. The zero-order chi connectivity index (χ0) is 21.9. The van der Waals surface area contributed by atoms with Crippen molar-refractivity contribution in [2.24, 2.45) is 4.99 Å². The highest BCUT2D eigenvalue weighted by Gasteiger charge is 2.16. The van der Waals surface area contributed by atoms with E-state index in [0.717, 1.165) is 30.2 Å². The lowest BCUT2D eigenvalue weighted by Gasteiger charge is -2.23. The monoisotopic (exact) mass is 543 g/mol. The maximum atomic E-state index is 5.56. The molecule has 172 valence electrons. The van der Waals surface area contributed by atoms with Gasteiger partial charge in [0.25, 0.3) is 0 Å². The van der Waals surface area contributed by atoms with Gasteiger partial charge < -0.3 is 29.2 Å². The first kappa shape index (κ1) is 26.7. The zero-order valence-electron chi connectivity index (χ0n) is 19.2. The maximum Gasteiger partial charge on any atom is 0.203 e. The molecule has 8 heteroatoms. The van der Waals surface area contributed by atoms with Gasteiger partial charge in [0.2, 0.25) is 5.75 Å². The molecule has 31 heavy (non-hydrogen) atoms. The molecule has 0 radical (unpaired) electrons. The first-order chi connectivity index (χ1) is 14.6. The summed E-state index contributed by atoms with van der Waals surface area (Å²) in [5, 5.41) is 3.41. The van der Waals surface area contributed by atoms with Gasteiger partial charge in [0.15, 0.2) is 17.5 Å². The van der Waals surface area contributed by atoms with Gasteiger partial charge >= 0.3 is 0 Å². The van der Waals surface area contributed by atoms with E-state index < -0.39 is 0 Å². The Morgan fingerprint density at radius 3 is 2.19 bits per heavy atom. The number of methoxy groups -OCH3 is 3. The molecule has 0 unspecified atom stereocenters. The minimum absolute atomic E-state index is 0. The summed E-state index contributed by atoms with van der Waals surface area (Å²) in [4.78, 5) is 6.48. The molecule has 0 aliphatic carbocycles. The lowest BCUT2D eigenvalue weighted by atomic mass is 10.1. The Kier molecular flexibility index (Phi) is 11.9. The molecule has 0 amide bonds. The van der Waals surface area contributed by atoms with Gasteiger partial charge in [-0.05, 0) is 37.1 Å². The molecule has 1 N–H and O–H groups in total. The fraction of sp³-hybridized carbons (Fsp3) is 0.435. The topological polar surface area (TPSA) is 64.6 Å². The van der Waals surface area contributed by atoms with Crippen LogP contribution in [0.15, 0.2) is 41.4 Å². The standard InChI is InChI=1S/C23H33N3O4.HI/c1-7-30-19-11-8-17(9-12-19)16-26(3)23(24-2)25-15-14-18-10-13-20(27-4)22(29-6)21(18)28-5;/h8-13H,7,14-16H2,1-6H3,(H,24,25);1H. The number of rotatable bonds is 10. The van der Waals surface area contributed by atoms with Crippen LogP contribution in [0.5, 0.6) is 23.0 Å². The average molecular weight is 543 g/mol. The molecular formula is C23H34IN3O4. The van der Waals surface area contributed by atoms with Crippen molar-refractivity contribution < 1.29 is 18.9 Å². The Bertz CT molecular complexity index is 828. The van der Waals surface area contributed by atoms with Gasteiger partial charge in [-0.25, -0.2) is 0 Å². The number of benzene rings is 2. The molecule has 0 fully saturated rings. The highest BCUT2D eigenvalue weighted by atomic mass is 127. The van der Waals surface area contributed by atoms with Crippen molar-refractivity contribution in [3.05, 3.63) is 47.5 Å². The van der Waals surface area contributed by atoms with Gasteiger partial charge in [-0.15, -0.1) is 24.0 Å². The second kappa shape index (κ2) is 13.8. The van der Waals surface area contributed by atoms with E-state index in [1.54, 1.807) is 28.4 Å². The molecule has 2 aromatic rings. The first-order valence-corrected chi connectivity index (χ1v) is 9.99. The van der Waals surface area contributed by atoms with Crippen LogP contribution in [-0.4, -0.2) is 59.4 Å². The normalized spacial score (nSPS) is 10.7. The van der Waals surface area contributed by atoms with Gasteiger partial charge in [0.05, 0.1) is 27.9 Å². The fourth-order valence-electron chi connectivity index (χ4n) is 3.26. The molecule has 0 atom stereocenters. The summed E-state index contributed by atoms with van der Waals surface area (Å²) >= 11 is 0. The van der Waals surface area contributed by atoms with Crippen LogP contribution < -0.4 is 24.3 Å². The van der Waals surface area contributed by atoms with Crippen molar-refractivity contribution in [1.29, 1.82) is 0 Å². The molecule has 7 nitrogen and oxygen atoms in total. The number of nitrogens with zero attached hydrogens (tertiary/aromatic N) is 2. The van der Waals surface area contributed by atoms with Crippen molar-refractivity contribution in [3.8, 4) is 23.0 Å². The maximum absolute atomic E-state index is 5.56. The van der Waals surface area contributed by atoms with Crippen LogP contribution in [0.4, 0.5) is 0 Å². The Hall–Kier alpha value is -2.36. The predicted molar refractivity (Wildman–Crippen MR) is 136 cm³/mol. The number of hydrogen-bond acceptors (Lipinski definition) is 5. The number of aliphatic imine (C=N–C) groups is 1. The van der Waals surface area contributed by atoms with Crippen LogP contribution in [0.2, 0.25) is 0 Å². The van der Waals surface area contributed by atoms with Crippen LogP contribution >= 0.6 is 24.0 Å². The van der Waals surface area contributed by atoms with E-state index in [0.29, 0.717) is 30.4 Å². The van der Waals surface area contributed by atoms with Crippen molar-refractivity contribution in [2.75, 3.05) is 48.6 Å². The Labute approximate surface area is 202 Å². The van der Waals surface area contributed by atoms with Crippen LogP contribution in [0, 0.1) is 0 Å². The Morgan fingerprint density at radius 2 is 1.65 bits per heavy atom. The second-order valence-electron chi connectivity index (χ2n) is 6.65. The van der Waals surface area contributed by atoms with Gasteiger partial charge in [0, 0.05) is 32.7 Å². The smallest absolute Gasteiger partial charge is 0.203 e. The molecule has 0 aliphatic rings. The molecular weight excluding hydrogens is 509 g/mol. The number of hydrogen-bond donors (Lipinski definition) is 1. The molecule has 2 rings (SSSR count). The van der Waals surface area contributed by atoms with Crippen LogP contribution in [0.1, 0.15) is 18.1 Å². The molecule has 0 saturated carbocycles. The van der Waals surface area contributed by atoms with Crippen LogP contribution in [-0.2, 0) is 13.0 Å². The minimum atomic E-state index is 0. The van der Waals surface area contributed by atoms with Crippen molar-refractivity contribution in [3.63, 3.8) is 0 Å². The molecule has 0 aliphatic heterocycles.